The number of nitrogens with zero attached hydrogens (tertiary/aromatic N) is 2. The van der Waals surface area contributed by atoms with Crippen molar-refractivity contribution >= 4 is 33.5 Å². The number of aromatic amines is 1. The third-order valence-corrected chi connectivity index (χ3v) is 4.67. The maximum atomic E-state index is 12.4. The first-order valence-electron chi connectivity index (χ1n) is 5.60. The van der Waals surface area contributed by atoms with Crippen molar-refractivity contribution in [1.82, 2.24) is 19.6 Å². The van der Waals surface area contributed by atoms with Crippen molar-refractivity contribution in [3.05, 3.63) is 24.5 Å². The van der Waals surface area contributed by atoms with E-state index in [0.717, 1.165) is 0 Å². The number of nitrogens with one attached hydrogen (secondary N) is 2. The van der Waals surface area contributed by atoms with Crippen LogP contribution in [0.5, 0.6) is 0 Å². The predicted octanol–water partition coefficient (Wildman–Crippen LogP) is 0.825. The van der Waals surface area contributed by atoms with Crippen LogP contribution in [0.4, 0.5) is 0 Å². The van der Waals surface area contributed by atoms with Gasteiger partial charge in [-0.25, -0.2) is 13.4 Å². The van der Waals surface area contributed by atoms with Crippen molar-refractivity contribution in [2.75, 3.05) is 27.2 Å². The number of aromatic nitrogens is 2. The Morgan fingerprint density at radius 2 is 2.21 bits per heavy atom. The third-order valence-electron chi connectivity index (χ3n) is 2.78. The van der Waals surface area contributed by atoms with E-state index in [0.29, 0.717) is 24.1 Å². The zero-order chi connectivity index (χ0) is 13.2. The lowest BCUT2D eigenvalue weighted by molar-refractivity contribution is 0.466. The van der Waals surface area contributed by atoms with E-state index in [9.17, 15) is 8.42 Å². The number of sulfonamides is 1. The molecule has 2 rings (SSSR count). The Bertz CT molecular complexity index is 641. The number of H-pyrrole nitrogens is 1. The van der Waals surface area contributed by atoms with Crippen LogP contribution in [0, 0.1) is 0 Å². The Morgan fingerprint density at radius 3 is 2.89 bits per heavy atom. The van der Waals surface area contributed by atoms with Crippen LogP contribution in [-0.4, -0.2) is 49.9 Å². The summed E-state index contributed by atoms with van der Waals surface area (Å²) in [5.74, 6) is 0. The second-order valence-corrected chi connectivity index (χ2v) is 6.00. The molecule has 2 N–H and O–H groups in total. The first-order chi connectivity index (χ1) is 8.57. The molecular weight excluding hydrogens is 288 g/mol. The Hall–Kier alpha value is -1.15. The fourth-order valence-corrected chi connectivity index (χ4v) is 3.02. The molecule has 0 fully saturated rings. The Morgan fingerprint density at radius 1 is 1.47 bits per heavy atom. The molecule has 0 aliphatic carbocycles. The topological polar surface area (TPSA) is 78.1 Å². The molecule has 0 radical (unpaired) electrons. The molecule has 0 aliphatic rings. The molecule has 2 aromatic heterocycles. The molecule has 0 spiro atoms. The zero-order valence-electron chi connectivity index (χ0n) is 10.8. The Kier molecular flexibility index (Phi) is 5.30. The van der Waals surface area contributed by atoms with E-state index in [1.807, 2.05) is 0 Å². The first-order valence-corrected chi connectivity index (χ1v) is 7.04. The van der Waals surface area contributed by atoms with Crippen molar-refractivity contribution in [3.63, 3.8) is 0 Å². The Balaban J connectivity index is 0.00000180. The first kappa shape index (κ1) is 15.9. The van der Waals surface area contributed by atoms with Gasteiger partial charge in [-0.2, -0.15) is 4.31 Å². The fraction of sp³-hybridized carbons (Fsp3) is 0.364. The number of pyridine rings is 1. The quantitative estimate of drug-likeness (QED) is 0.857. The summed E-state index contributed by atoms with van der Waals surface area (Å²) >= 11 is 0. The van der Waals surface area contributed by atoms with Crippen LogP contribution < -0.4 is 5.32 Å². The van der Waals surface area contributed by atoms with Gasteiger partial charge in [0.25, 0.3) is 0 Å². The molecule has 0 saturated carbocycles. The van der Waals surface area contributed by atoms with Gasteiger partial charge >= 0.3 is 0 Å². The van der Waals surface area contributed by atoms with Crippen LogP contribution in [-0.2, 0) is 10.0 Å². The van der Waals surface area contributed by atoms with E-state index in [4.69, 9.17) is 0 Å². The molecule has 0 unspecified atom stereocenters. The highest BCUT2D eigenvalue weighted by atomic mass is 35.5. The number of hydrogen-bond acceptors (Lipinski definition) is 4. The molecule has 8 heteroatoms. The summed E-state index contributed by atoms with van der Waals surface area (Å²) in [6, 6.07) is 3.47. The summed E-state index contributed by atoms with van der Waals surface area (Å²) < 4.78 is 26.1. The number of halogens is 1. The number of hydrogen-bond donors (Lipinski definition) is 2. The standard InChI is InChI=1S/C11H16N4O2S.ClH/c1-12-6-7-15(2)18(16,17)10-8-14-11-9(10)4-3-5-13-11;/h3-5,8,12H,6-7H2,1-2H3,(H,13,14);1H. The van der Waals surface area contributed by atoms with Crippen molar-refractivity contribution in [1.29, 1.82) is 0 Å². The fourth-order valence-electron chi connectivity index (χ4n) is 1.70. The third kappa shape index (κ3) is 3.06. The van der Waals surface area contributed by atoms with Gasteiger partial charge in [0.2, 0.25) is 10.0 Å². The van der Waals surface area contributed by atoms with Gasteiger partial charge in [-0.05, 0) is 19.2 Å². The van der Waals surface area contributed by atoms with Gasteiger partial charge in [-0.3, -0.25) is 0 Å². The van der Waals surface area contributed by atoms with Gasteiger partial charge in [0.05, 0.1) is 0 Å². The highest BCUT2D eigenvalue weighted by Gasteiger charge is 2.23. The maximum Gasteiger partial charge on any atom is 0.245 e. The Labute approximate surface area is 118 Å². The molecule has 0 atom stereocenters. The van der Waals surface area contributed by atoms with Gasteiger partial charge in [-0.15, -0.1) is 12.4 Å². The van der Waals surface area contributed by atoms with Crippen molar-refractivity contribution < 1.29 is 8.42 Å². The largest absolute Gasteiger partial charge is 0.345 e. The highest BCUT2D eigenvalue weighted by molar-refractivity contribution is 7.89. The summed E-state index contributed by atoms with van der Waals surface area (Å²) in [4.78, 5) is 7.23. The van der Waals surface area contributed by atoms with Crippen LogP contribution in [0.15, 0.2) is 29.4 Å². The average Bonchev–Trinajstić information content (AvgIpc) is 2.80. The molecule has 2 heterocycles. The van der Waals surface area contributed by atoms with Crippen molar-refractivity contribution in [2.24, 2.45) is 0 Å². The van der Waals surface area contributed by atoms with Crippen molar-refractivity contribution in [3.8, 4) is 0 Å². The lowest BCUT2D eigenvalue weighted by Gasteiger charge is -2.16. The second-order valence-electron chi connectivity index (χ2n) is 3.98. The number of rotatable bonds is 5. The average molecular weight is 305 g/mol. The van der Waals surface area contributed by atoms with Crippen LogP contribution in [0.3, 0.4) is 0 Å². The van der Waals surface area contributed by atoms with Crippen LogP contribution in [0.1, 0.15) is 0 Å². The molecule has 0 aliphatic heterocycles. The smallest absolute Gasteiger partial charge is 0.245 e. The normalized spacial score (nSPS) is 11.7. The number of likely N-dealkylation sites (N-methyl/N-ethyl adjacent to an activating group) is 2. The van der Waals surface area contributed by atoms with E-state index in [2.05, 4.69) is 15.3 Å². The zero-order valence-corrected chi connectivity index (χ0v) is 12.4. The highest BCUT2D eigenvalue weighted by Crippen LogP contribution is 2.23. The summed E-state index contributed by atoms with van der Waals surface area (Å²) in [5.41, 5.74) is 0.582. The van der Waals surface area contributed by atoms with Gasteiger partial charge in [-0.1, -0.05) is 0 Å². The molecule has 0 amide bonds. The van der Waals surface area contributed by atoms with Gasteiger partial charge in [0, 0.05) is 37.9 Å². The lowest BCUT2D eigenvalue weighted by Crippen LogP contribution is -2.32. The van der Waals surface area contributed by atoms with Crippen LogP contribution in [0.25, 0.3) is 11.0 Å². The number of fused-ring (bicyclic) bond motifs is 1. The monoisotopic (exact) mass is 304 g/mol. The van der Waals surface area contributed by atoms with E-state index in [-0.39, 0.29) is 17.3 Å². The van der Waals surface area contributed by atoms with E-state index in [1.165, 1.54) is 10.5 Å². The lowest BCUT2D eigenvalue weighted by atomic mass is 10.3. The maximum absolute atomic E-state index is 12.4. The van der Waals surface area contributed by atoms with Gasteiger partial charge in [0.1, 0.15) is 10.5 Å². The van der Waals surface area contributed by atoms with Crippen LogP contribution in [0.2, 0.25) is 0 Å². The van der Waals surface area contributed by atoms with E-state index >= 15 is 0 Å². The minimum atomic E-state index is -3.47. The summed E-state index contributed by atoms with van der Waals surface area (Å²) in [6.45, 7) is 1.03. The van der Waals surface area contributed by atoms with Gasteiger partial charge in [0.15, 0.2) is 0 Å². The molecule has 6 nitrogen and oxygen atoms in total. The molecule has 2 aromatic rings. The summed E-state index contributed by atoms with van der Waals surface area (Å²) in [6.07, 6.45) is 3.11. The molecule has 19 heavy (non-hydrogen) atoms. The summed E-state index contributed by atoms with van der Waals surface area (Å²) in [7, 11) is -0.113. The summed E-state index contributed by atoms with van der Waals surface area (Å²) in [5, 5.41) is 3.55. The second kappa shape index (κ2) is 6.33. The van der Waals surface area contributed by atoms with Gasteiger partial charge < -0.3 is 10.3 Å². The molecule has 0 saturated heterocycles. The van der Waals surface area contributed by atoms with E-state index in [1.54, 1.807) is 32.4 Å². The minimum Gasteiger partial charge on any atom is -0.345 e. The molecule has 0 bridgehead atoms. The minimum absolute atomic E-state index is 0. The SMILES string of the molecule is CNCCN(C)S(=O)(=O)c1c[nH]c2ncccc12.Cl. The predicted molar refractivity (Wildman–Crippen MR) is 77.1 cm³/mol. The van der Waals surface area contributed by atoms with Crippen molar-refractivity contribution in [2.45, 2.75) is 4.90 Å². The van der Waals surface area contributed by atoms with Crippen LogP contribution >= 0.6 is 12.4 Å². The van der Waals surface area contributed by atoms with E-state index < -0.39 is 10.0 Å². The molecular formula is C11H17ClN4O2S. The molecule has 0 aromatic carbocycles. The molecule has 106 valence electrons.